The zero-order valence-corrected chi connectivity index (χ0v) is 9.36. The molecule has 2 unspecified atom stereocenters. The van der Waals surface area contributed by atoms with Crippen molar-refractivity contribution < 1.29 is 19.7 Å². The molecule has 0 heterocycles. The molecule has 3 N–H and O–H groups in total. The Kier molecular flexibility index (Phi) is 5.15. The average molecular weight is 249 g/mol. The highest BCUT2D eigenvalue weighted by Crippen LogP contribution is 2.22. The van der Waals surface area contributed by atoms with Gasteiger partial charge in [0.15, 0.2) is 0 Å². The quantitative estimate of drug-likeness (QED) is 0.690. The lowest BCUT2D eigenvalue weighted by Crippen LogP contribution is -2.19. The molecule has 0 bridgehead atoms. The van der Waals surface area contributed by atoms with E-state index >= 15 is 0 Å². The van der Waals surface area contributed by atoms with Crippen LogP contribution in [0.3, 0.4) is 0 Å². The first kappa shape index (κ1) is 13.4. The molecule has 0 aliphatic rings. The Bertz CT molecular complexity index is 346. The maximum absolute atomic E-state index is 13.3. The maximum Gasteiger partial charge on any atom is 0.127 e. The van der Waals surface area contributed by atoms with Crippen LogP contribution in [0.25, 0.3) is 0 Å². The second-order valence-electron chi connectivity index (χ2n) is 3.51. The third kappa shape index (κ3) is 3.15. The molecular formula is C11H14ClFO3. The van der Waals surface area contributed by atoms with E-state index in [9.17, 15) is 14.6 Å². The summed E-state index contributed by atoms with van der Waals surface area (Å²) in [5.41, 5.74) is 0.613. The molecule has 3 nitrogen and oxygen atoms in total. The average Bonchev–Trinajstić information content (AvgIpc) is 2.28. The number of rotatable bonds is 5. The van der Waals surface area contributed by atoms with E-state index in [1.165, 1.54) is 12.1 Å². The molecule has 2 atom stereocenters. The molecular weight excluding hydrogens is 235 g/mol. The monoisotopic (exact) mass is 248 g/mol. The summed E-state index contributed by atoms with van der Waals surface area (Å²) in [5.74, 6) is -0.454. The van der Waals surface area contributed by atoms with Gasteiger partial charge in [0.1, 0.15) is 11.9 Å². The predicted octanol–water partition coefficient (Wildman–Crippen LogP) is 1.34. The van der Waals surface area contributed by atoms with Gasteiger partial charge in [-0.1, -0.05) is 12.1 Å². The number of aliphatic hydroxyl groups excluding tert-OH is 3. The van der Waals surface area contributed by atoms with Gasteiger partial charge in [-0.05, 0) is 18.1 Å². The van der Waals surface area contributed by atoms with E-state index in [2.05, 4.69) is 0 Å². The van der Waals surface area contributed by atoms with Crippen LogP contribution in [0.15, 0.2) is 18.2 Å². The first-order valence-corrected chi connectivity index (χ1v) is 5.45. The molecule has 0 fully saturated rings. The molecule has 0 aliphatic heterocycles. The predicted molar refractivity (Wildman–Crippen MR) is 58.6 cm³/mol. The van der Waals surface area contributed by atoms with Crippen molar-refractivity contribution in [2.75, 3.05) is 6.61 Å². The van der Waals surface area contributed by atoms with Crippen molar-refractivity contribution in [2.24, 2.45) is 0 Å². The summed E-state index contributed by atoms with van der Waals surface area (Å²) < 4.78 is 13.3. The molecule has 0 aliphatic carbocycles. The van der Waals surface area contributed by atoms with Crippen molar-refractivity contribution in [2.45, 2.75) is 24.5 Å². The highest BCUT2D eigenvalue weighted by atomic mass is 35.5. The molecule has 0 amide bonds. The number of aliphatic hydroxyl groups is 3. The van der Waals surface area contributed by atoms with Crippen molar-refractivity contribution in [3.8, 4) is 0 Å². The van der Waals surface area contributed by atoms with Gasteiger partial charge in [0.05, 0.1) is 12.0 Å². The Morgan fingerprint density at radius 3 is 2.50 bits per heavy atom. The minimum Gasteiger partial charge on any atom is -0.396 e. The third-order valence-corrected chi connectivity index (χ3v) is 2.64. The van der Waals surface area contributed by atoms with E-state index in [-0.39, 0.29) is 24.5 Å². The summed E-state index contributed by atoms with van der Waals surface area (Å²) in [6, 6.07) is 4.11. The number of alkyl halides is 1. The maximum atomic E-state index is 13.3. The number of hydrogen-bond acceptors (Lipinski definition) is 3. The Balaban J connectivity index is 2.84. The molecule has 16 heavy (non-hydrogen) atoms. The van der Waals surface area contributed by atoms with E-state index in [4.69, 9.17) is 16.7 Å². The molecule has 5 heteroatoms. The van der Waals surface area contributed by atoms with Crippen LogP contribution in [0, 0.1) is 5.82 Å². The molecule has 0 saturated heterocycles. The molecule has 0 spiro atoms. The zero-order chi connectivity index (χ0) is 12.1. The van der Waals surface area contributed by atoms with Crippen LogP contribution in [0.5, 0.6) is 0 Å². The first-order chi connectivity index (χ1) is 7.60. The molecule has 0 aromatic heterocycles. The summed E-state index contributed by atoms with van der Waals surface area (Å²) in [6.07, 6.45) is -2.27. The fourth-order valence-corrected chi connectivity index (χ4v) is 1.58. The standard InChI is InChI=1S/C11H14ClFO3/c12-6-8-2-1-7(5-9(8)13)11(16)10(15)3-4-14/h1-2,5,10-11,14-16H,3-4,6H2. The van der Waals surface area contributed by atoms with Crippen LogP contribution in [0.1, 0.15) is 23.7 Å². The van der Waals surface area contributed by atoms with Gasteiger partial charge in [0.25, 0.3) is 0 Å². The van der Waals surface area contributed by atoms with Gasteiger partial charge < -0.3 is 15.3 Å². The van der Waals surface area contributed by atoms with E-state index < -0.39 is 18.0 Å². The van der Waals surface area contributed by atoms with Crippen molar-refractivity contribution in [3.05, 3.63) is 35.1 Å². The lowest BCUT2D eigenvalue weighted by Gasteiger charge is -2.17. The normalized spacial score (nSPS) is 14.8. The molecule has 1 aromatic carbocycles. The van der Waals surface area contributed by atoms with Gasteiger partial charge in [-0.2, -0.15) is 0 Å². The minimum absolute atomic E-state index is 0.0417. The first-order valence-electron chi connectivity index (χ1n) is 4.91. The Morgan fingerprint density at radius 2 is 2.00 bits per heavy atom. The van der Waals surface area contributed by atoms with Crippen molar-refractivity contribution in [1.29, 1.82) is 0 Å². The SMILES string of the molecule is OCCC(O)C(O)c1ccc(CCl)c(F)c1. The van der Waals surface area contributed by atoms with E-state index in [1.54, 1.807) is 0 Å². The topological polar surface area (TPSA) is 60.7 Å². The van der Waals surface area contributed by atoms with Crippen LogP contribution >= 0.6 is 11.6 Å². The zero-order valence-electron chi connectivity index (χ0n) is 8.61. The smallest absolute Gasteiger partial charge is 0.127 e. The number of halogens is 2. The van der Waals surface area contributed by atoms with Crippen LogP contribution in [0.4, 0.5) is 4.39 Å². The largest absolute Gasteiger partial charge is 0.396 e. The van der Waals surface area contributed by atoms with E-state index in [0.717, 1.165) is 6.07 Å². The molecule has 0 radical (unpaired) electrons. The summed E-state index contributed by atoms with van der Waals surface area (Å²) in [6.45, 7) is -0.236. The van der Waals surface area contributed by atoms with Gasteiger partial charge >= 0.3 is 0 Å². The Labute approximate surface area is 98.1 Å². The van der Waals surface area contributed by atoms with Gasteiger partial charge in [-0.15, -0.1) is 11.6 Å². The second kappa shape index (κ2) is 6.15. The van der Waals surface area contributed by atoms with Gasteiger partial charge in [-0.3, -0.25) is 0 Å². The van der Waals surface area contributed by atoms with Crippen LogP contribution in [-0.2, 0) is 5.88 Å². The third-order valence-electron chi connectivity index (χ3n) is 2.35. The molecule has 0 saturated carbocycles. The number of benzene rings is 1. The van der Waals surface area contributed by atoms with Crippen molar-refractivity contribution in [1.82, 2.24) is 0 Å². The lowest BCUT2D eigenvalue weighted by atomic mass is 10.0. The number of hydrogen-bond donors (Lipinski definition) is 3. The highest BCUT2D eigenvalue weighted by Gasteiger charge is 2.18. The van der Waals surface area contributed by atoms with Crippen molar-refractivity contribution >= 4 is 11.6 Å². The van der Waals surface area contributed by atoms with E-state index in [0.29, 0.717) is 5.56 Å². The summed E-state index contributed by atoms with van der Waals surface area (Å²) >= 11 is 5.49. The van der Waals surface area contributed by atoms with Crippen molar-refractivity contribution in [3.63, 3.8) is 0 Å². The Morgan fingerprint density at radius 1 is 1.31 bits per heavy atom. The minimum atomic E-state index is -1.20. The van der Waals surface area contributed by atoms with Crippen LogP contribution in [-0.4, -0.2) is 28.0 Å². The second-order valence-corrected chi connectivity index (χ2v) is 3.78. The van der Waals surface area contributed by atoms with Crippen LogP contribution in [0.2, 0.25) is 0 Å². The fraction of sp³-hybridized carbons (Fsp3) is 0.455. The molecule has 1 rings (SSSR count). The summed E-state index contributed by atoms with van der Waals surface area (Å²) in [7, 11) is 0. The molecule has 90 valence electrons. The highest BCUT2D eigenvalue weighted by molar-refractivity contribution is 6.17. The van der Waals surface area contributed by atoms with Gasteiger partial charge in [0, 0.05) is 12.2 Å². The summed E-state index contributed by atoms with van der Waals surface area (Å²) in [4.78, 5) is 0. The summed E-state index contributed by atoms with van der Waals surface area (Å²) in [5, 5.41) is 27.7. The van der Waals surface area contributed by atoms with E-state index in [1.807, 2.05) is 0 Å². The van der Waals surface area contributed by atoms with Gasteiger partial charge in [-0.25, -0.2) is 4.39 Å². The van der Waals surface area contributed by atoms with Crippen LogP contribution < -0.4 is 0 Å². The fourth-order valence-electron chi connectivity index (χ4n) is 1.37. The molecule has 1 aromatic rings. The lowest BCUT2D eigenvalue weighted by molar-refractivity contribution is 0.00407. The Hall–Kier alpha value is -0.680. The van der Waals surface area contributed by atoms with Gasteiger partial charge in [0.2, 0.25) is 0 Å².